The smallest absolute Gasteiger partial charge is 0.224 e. The maximum absolute atomic E-state index is 14.0. The van der Waals surface area contributed by atoms with E-state index < -0.39 is 23.6 Å². The standard InChI is InChI=1S/C39H56N2O5/c1-26(2)20-31(19-18-29-14-10-8-11-15-29)37(44)40-33(21-27(3)4)35(42)24-32(23-30-16-12-9-13-17-30)38(45)41-34(22-28(5)6)36(43)39(7)25-46-39/h8-17,26-28,31-34H,18-25H2,1-7H3,(H,40,44)(H,41,45)/t31-,32-,33+,34+,39-/m1/s1. The minimum absolute atomic E-state index is 0.0341. The molecule has 2 amide bonds. The molecule has 7 nitrogen and oxygen atoms in total. The van der Waals surface area contributed by atoms with E-state index in [-0.39, 0.29) is 47.6 Å². The maximum atomic E-state index is 14.0. The lowest BCUT2D eigenvalue weighted by atomic mass is 9.87. The molecular weight excluding hydrogens is 576 g/mol. The zero-order valence-electron chi connectivity index (χ0n) is 29.0. The second-order valence-electron chi connectivity index (χ2n) is 14.7. The maximum Gasteiger partial charge on any atom is 0.224 e. The van der Waals surface area contributed by atoms with Crippen LogP contribution in [0.5, 0.6) is 0 Å². The van der Waals surface area contributed by atoms with Crippen LogP contribution in [0, 0.1) is 29.6 Å². The van der Waals surface area contributed by atoms with Gasteiger partial charge in [-0.15, -0.1) is 0 Å². The predicted molar refractivity (Wildman–Crippen MR) is 183 cm³/mol. The minimum atomic E-state index is -0.864. The van der Waals surface area contributed by atoms with E-state index in [1.165, 1.54) is 5.56 Å². The molecule has 2 N–H and O–H groups in total. The number of hydrogen-bond donors (Lipinski definition) is 2. The zero-order chi connectivity index (χ0) is 33.9. The Balaban J connectivity index is 1.79. The molecule has 2 aromatic carbocycles. The third-order valence-electron chi connectivity index (χ3n) is 8.75. The van der Waals surface area contributed by atoms with Crippen molar-refractivity contribution in [1.82, 2.24) is 10.6 Å². The van der Waals surface area contributed by atoms with Gasteiger partial charge in [-0.3, -0.25) is 19.2 Å². The number of epoxide rings is 1. The number of amides is 2. The van der Waals surface area contributed by atoms with Gasteiger partial charge in [0.1, 0.15) is 5.60 Å². The predicted octanol–water partition coefficient (Wildman–Crippen LogP) is 6.52. The molecule has 0 bridgehead atoms. The Morgan fingerprint density at radius 2 is 1.17 bits per heavy atom. The molecule has 7 heteroatoms. The topological polar surface area (TPSA) is 105 Å². The summed E-state index contributed by atoms with van der Waals surface area (Å²) in [7, 11) is 0. The summed E-state index contributed by atoms with van der Waals surface area (Å²) in [5.41, 5.74) is 1.25. The fourth-order valence-electron chi connectivity index (χ4n) is 6.10. The number of ketones is 2. The molecule has 1 aliphatic heterocycles. The third kappa shape index (κ3) is 12.1. The van der Waals surface area contributed by atoms with Crippen LogP contribution in [0.2, 0.25) is 0 Å². The number of ether oxygens (including phenoxy) is 1. The lowest BCUT2D eigenvalue weighted by Gasteiger charge is -2.27. The molecule has 1 heterocycles. The summed E-state index contributed by atoms with van der Waals surface area (Å²) in [5.74, 6) is -0.961. The van der Waals surface area contributed by atoms with Crippen molar-refractivity contribution in [3.05, 3.63) is 71.8 Å². The lowest BCUT2D eigenvalue weighted by molar-refractivity contribution is -0.135. The molecule has 46 heavy (non-hydrogen) atoms. The van der Waals surface area contributed by atoms with Crippen LogP contribution in [-0.4, -0.2) is 47.7 Å². The Hall–Kier alpha value is -3.32. The van der Waals surface area contributed by atoms with Crippen LogP contribution in [0.3, 0.4) is 0 Å². The first kappa shape index (κ1) is 37.1. The largest absolute Gasteiger partial charge is 0.361 e. The summed E-state index contributed by atoms with van der Waals surface area (Å²) in [5, 5.41) is 6.13. The molecule has 0 radical (unpaired) electrons. The van der Waals surface area contributed by atoms with Gasteiger partial charge in [0.25, 0.3) is 0 Å². The summed E-state index contributed by atoms with van der Waals surface area (Å²) in [6.07, 6.45) is 3.51. The van der Waals surface area contributed by atoms with E-state index in [0.717, 1.165) is 18.4 Å². The highest BCUT2D eigenvalue weighted by molar-refractivity contribution is 5.98. The van der Waals surface area contributed by atoms with Gasteiger partial charge in [-0.1, -0.05) is 102 Å². The van der Waals surface area contributed by atoms with Gasteiger partial charge in [0.05, 0.1) is 18.7 Å². The summed E-state index contributed by atoms with van der Waals surface area (Å²) >= 11 is 0. The van der Waals surface area contributed by atoms with E-state index in [1.54, 1.807) is 6.92 Å². The number of carbonyl (C=O) groups is 4. The van der Waals surface area contributed by atoms with Crippen molar-refractivity contribution < 1.29 is 23.9 Å². The molecule has 0 saturated carbocycles. The van der Waals surface area contributed by atoms with Crippen molar-refractivity contribution >= 4 is 23.4 Å². The van der Waals surface area contributed by atoms with Crippen LogP contribution in [-0.2, 0) is 36.8 Å². The molecule has 1 fully saturated rings. The average Bonchev–Trinajstić information content (AvgIpc) is 3.76. The highest BCUT2D eigenvalue weighted by atomic mass is 16.6. The summed E-state index contributed by atoms with van der Waals surface area (Å²) in [6.45, 7) is 14.4. The minimum Gasteiger partial charge on any atom is -0.361 e. The molecule has 2 aromatic rings. The molecule has 0 aromatic heterocycles. The Kier molecular flexibility index (Phi) is 14.2. The fourth-order valence-corrected chi connectivity index (χ4v) is 6.10. The van der Waals surface area contributed by atoms with Crippen LogP contribution in [0.25, 0.3) is 0 Å². The molecule has 1 aliphatic rings. The third-order valence-corrected chi connectivity index (χ3v) is 8.75. The van der Waals surface area contributed by atoms with Crippen LogP contribution in [0.1, 0.15) is 91.7 Å². The van der Waals surface area contributed by atoms with E-state index in [9.17, 15) is 19.2 Å². The van der Waals surface area contributed by atoms with E-state index >= 15 is 0 Å². The van der Waals surface area contributed by atoms with Gasteiger partial charge in [0.2, 0.25) is 11.8 Å². The monoisotopic (exact) mass is 632 g/mol. The summed E-state index contributed by atoms with van der Waals surface area (Å²) < 4.78 is 5.42. The van der Waals surface area contributed by atoms with E-state index in [0.29, 0.717) is 38.2 Å². The van der Waals surface area contributed by atoms with Crippen LogP contribution in [0.4, 0.5) is 0 Å². The fraction of sp³-hybridized carbons (Fsp3) is 0.590. The van der Waals surface area contributed by atoms with Gasteiger partial charge < -0.3 is 15.4 Å². The van der Waals surface area contributed by atoms with Gasteiger partial charge in [-0.25, -0.2) is 0 Å². The molecule has 0 aliphatic carbocycles. The van der Waals surface area contributed by atoms with Gasteiger partial charge in [0.15, 0.2) is 11.6 Å². The SMILES string of the molecule is CC(C)C[C@@H](CCc1ccccc1)C(=O)N[C@@H](CC(C)C)C(=O)C[C@@H](Cc1ccccc1)C(=O)N[C@@H](CC(C)C)C(=O)[C@@]1(C)CO1. The first-order chi connectivity index (χ1) is 21.8. The van der Waals surface area contributed by atoms with E-state index in [4.69, 9.17) is 4.74 Å². The normalized spacial score (nSPS) is 18.6. The quantitative estimate of drug-likeness (QED) is 0.162. The van der Waals surface area contributed by atoms with Crippen LogP contribution in [0.15, 0.2) is 60.7 Å². The number of nitrogens with one attached hydrogen (secondary N) is 2. The molecule has 1 saturated heterocycles. The summed E-state index contributed by atoms with van der Waals surface area (Å²) in [4.78, 5) is 54.9. The number of aryl methyl sites for hydroxylation is 1. The lowest BCUT2D eigenvalue weighted by Crippen LogP contribution is -2.50. The molecule has 3 rings (SSSR count). The molecule has 0 spiro atoms. The Labute approximate surface area is 276 Å². The van der Waals surface area contributed by atoms with Crippen molar-refractivity contribution in [1.29, 1.82) is 0 Å². The highest BCUT2D eigenvalue weighted by Crippen LogP contribution is 2.30. The van der Waals surface area contributed by atoms with Crippen molar-refractivity contribution in [3.8, 4) is 0 Å². The van der Waals surface area contributed by atoms with E-state index in [2.05, 4.69) is 36.6 Å². The average molecular weight is 633 g/mol. The molecule has 0 unspecified atom stereocenters. The number of hydrogen-bond acceptors (Lipinski definition) is 5. The number of carbonyl (C=O) groups excluding carboxylic acids is 4. The van der Waals surface area contributed by atoms with Crippen molar-refractivity contribution in [2.24, 2.45) is 29.6 Å². The first-order valence-corrected chi connectivity index (χ1v) is 17.2. The summed E-state index contributed by atoms with van der Waals surface area (Å²) in [6, 6.07) is 18.4. The van der Waals surface area contributed by atoms with Gasteiger partial charge in [-0.2, -0.15) is 0 Å². The second-order valence-corrected chi connectivity index (χ2v) is 14.7. The molecule has 252 valence electrons. The highest BCUT2D eigenvalue weighted by Gasteiger charge is 2.50. The Morgan fingerprint density at radius 1 is 0.696 bits per heavy atom. The number of benzene rings is 2. The van der Waals surface area contributed by atoms with Gasteiger partial charge >= 0.3 is 0 Å². The first-order valence-electron chi connectivity index (χ1n) is 17.2. The Bertz CT molecular complexity index is 1270. The number of rotatable bonds is 20. The van der Waals surface area contributed by atoms with Gasteiger partial charge in [0, 0.05) is 18.3 Å². The van der Waals surface area contributed by atoms with Crippen molar-refractivity contribution in [2.75, 3.05) is 6.61 Å². The van der Waals surface area contributed by atoms with E-state index in [1.807, 2.05) is 76.2 Å². The van der Waals surface area contributed by atoms with Crippen LogP contribution >= 0.6 is 0 Å². The zero-order valence-corrected chi connectivity index (χ0v) is 29.0. The molecule has 5 atom stereocenters. The number of Topliss-reactive ketones (excluding diaryl/α,β-unsaturated/α-hetero) is 2. The van der Waals surface area contributed by atoms with Crippen molar-refractivity contribution in [3.63, 3.8) is 0 Å². The van der Waals surface area contributed by atoms with Gasteiger partial charge in [-0.05, 0) is 74.3 Å². The van der Waals surface area contributed by atoms with Crippen LogP contribution < -0.4 is 10.6 Å². The Morgan fingerprint density at radius 3 is 1.70 bits per heavy atom. The van der Waals surface area contributed by atoms with Crippen molar-refractivity contribution in [2.45, 2.75) is 111 Å². The second kappa shape index (κ2) is 17.6. The molecular formula is C39H56N2O5.